The highest BCUT2D eigenvalue weighted by molar-refractivity contribution is 7.85. The van der Waals surface area contributed by atoms with Crippen molar-refractivity contribution in [2.45, 2.75) is 35.8 Å². The summed E-state index contributed by atoms with van der Waals surface area (Å²) in [5.41, 5.74) is 0. The minimum Gasteiger partial charge on any atom is -0.254 e. The Hall–Kier alpha value is -0.700. The van der Waals surface area contributed by atoms with Gasteiger partial charge < -0.3 is 0 Å². The molecule has 0 N–H and O–H groups in total. The molecule has 1 nitrogen and oxygen atoms in total. The van der Waals surface area contributed by atoms with Crippen LogP contribution in [0.25, 0.3) is 0 Å². The van der Waals surface area contributed by atoms with Crippen molar-refractivity contribution in [2.24, 2.45) is 0 Å². The predicted octanol–water partition coefficient (Wildman–Crippen LogP) is 2.88. The van der Waals surface area contributed by atoms with Crippen LogP contribution in [0, 0.1) is 5.82 Å². The largest absolute Gasteiger partial charge is 0.254 e. The van der Waals surface area contributed by atoms with E-state index in [1.165, 1.54) is 25.0 Å². The summed E-state index contributed by atoms with van der Waals surface area (Å²) in [6.45, 7) is 0. The maximum atomic E-state index is 12.6. The molecular formula is C11H13FOS. The Morgan fingerprint density at radius 2 is 1.71 bits per heavy atom. The van der Waals surface area contributed by atoms with Crippen LogP contribution in [0.2, 0.25) is 0 Å². The monoisotopic (exact) mass is 212 g/mol. The summed E-state index contributed by atoms with van der Waals surface area (Å²) in [7, 11) is -0.934. The summed E-state index contributed by atoms with van der Waals surface area (Å²) in [5, 5.41) is 0.292. The van der Waals surface area contributed by atoms with Crippen LogP contribution in [-0.2, 0) is 10.8 Å². The molecule has 1 aromatic rings. The zero-order chi connectivity index (χ0) is 9.97. The molecule has 0 heterocycles. The third-order valence-corrected chi connectivity index (χ3v) is 4.46. The molecule has 1 aliphatic carbocycles. The molecule has 76 valence electrons. The summed E-state index contributed by atoms with van der Waals surface area (Å²) < 4.78 is 24.6. The smallest absolute Gasteiger partial charge is 0.123 e. The van der Waals surface area contributed by atoms with Crippen molar-refractivity contribution in [2.75, 3.05) is 0 Å². The van der Waals surface area contributed by atoms with Crippen molar-refractivity contribution in [3.8, 4) is 0 Å². The van der Waals surface area contributed by atoms with Crippen LogP contribution in [0.15, 0.2) is 29.2 Å². The van der Waals surface area contributed by atoms with Crippen LogP contribution in [-0.4, -0.2) is 9.46 Å². The predicted molar refractivity (Wildman–Crippen MR) is 55.1 cm³/mol. The molecule has 0 bridgehead atoms. The quantitative estimate of drug-likeness (QED) is 0.736. The number of hydrogen-bond donors (Lipinski definition) is 0. The zero-order valence-electron chi connectivity index (χ0n) is 7.91. The van der Waals surface area contributed by atoms with Gasteiger partial charge in [0.05, 0.1) is 10.8 Å². The third-order valence-electron chi connectivity index (χ3n) is 2.65. The highest BCUT2D eigenvalue weighted by Gasteiger charge is 2.22. The van der Waals surface area contributed by atoms with E-state index < -0.39 is 10.8 Å². The lowest BCUT2D eigenvalue weighted by Crippen LogP contribution is -2.10. The maximum Gasteiger partial charge on any atom is 0.123 e. The van der Waals surface area contributed by atoms with E-state index in [4.69, 9.17) is 0 Å². The van der Waals surface area contributed by atoms with Crippen LogP contribution >= 0.6 is 0 Å². The lowest BCUT2D eigenvalue weighted by atomic mass is 10.3. The normalized spacial score (nSPS) is 19.8. The first kappa shape index (κ1) is 9.84. The Morgan fingerprint density at radius 1 is 1.14 bits per heavy atom. The van der Waals surface area contributed by atoms with Gasteiger partial charge in [-0.05, 0) is 37.1 Å². The SMILES string of the molecule is O=S(c1ccc(F)cc1)C1CCCC1. The number of halogens is 1. The minimum atomic E-state index is -0.934. The van der Waals surface area contributed by atoms with E-state index >= 15 is 0 Å². The van der Waals surface area contributed by atoms with Crippen molar-refractivity contribution in [1.29, 1.82) is 0 Å². The molecule has 0 spiro atoms. The molecule has 0 aromatic heterocycles. The van der Waals surface area contributed by atoms with Gasteiger partial charge in [-0.15, -0.1) is 0 Å². The maximum absolute atomic E-state index is 12.6. The molecule has 14 heavy (non-hydrogen) atoms. The van der Waals surface area contributed by atoms with Gasteiger partial charge in [-0.25, -0.2) is 4.39 Å². The Balaban J connectivity index is 2.14. The lowest BCUT2D eigenvalue weighted by molar-refractivity contribution is 0.626. The van der Waals surface area contributed by atoms with E-state index in [1.807, 2.05) is 0 Å². The van der Waals surface area contributed by atoms with Crippen molar-refractivity contribution >= 4 is 10.8 Å². The molecule has 0 saturated heterocycles. The summed E-state index contributed by atoms with van der Waals surface area (Å²) in [6, 6.07) is 6.01. The van der Waals surface area contributed by atoms with Crippen LogP contribution in [0.4, 0.5) is 4.39 Å². The molecule has 1 aromatic carbocycles. The fourth-order valence-electron chi connectivity index (χ4n) is 1.86. The van der Waals surface area contributed by atoms with Crippen molar-refractivity contribution in [1.82, 2.24) is 0 Å². The van der Waals surface area contributed by atoms with Gasteiger partial charge in [0.1, 0.15) is 5.82 Å². The van der Waals surface area contributed by atoms with Gasteiger partial charge in [0.25, 0.3) is 0 Å². The number of hydrogen-bond acceptors (Lipinski definition) is 1. The number of rotatable bonds is 2. The lowest BCUT2D eigenvalue weighted by Gasteiger charge is -2.08. The summed E-state index contributed by atoms with van der Waals surface area (Å²) >= 11 is 0. The molecule has 0 aliphatic heterocycles. The molecular weight excluding hydrogens is 199 g/mol. The second kappa shape index (κ2) is 4.22. The van der Waals surface area contributed by atoms with E-state index in [-0.39, 0.29) is 5.82 Å². The van der Waals surface area contributed by atoms with Crippen LogP contribution in [0.1, 0.15) is 25.7 Å². The van der Waals surface area contributed by atoms with E-state index in [0.29, 0.717) is 5.25 Å². The van der Waals surface area contributed by atoms with Crippen molar-refractivity contribution in [3.63, 3.8) is 0 Å². The molecule has 1 unspecified atom stereocenters. The minimum absolute atomic E-state index is 0.267. The van der Waals surface area contributed by atoms with E-state index in [1.54, 1.807) is 12.1 Å². The summed E-state index contributed by atoms with van der Waals surface area (Å²) in [4.78, 5) is 0.762. The molecule has 0 radical (unpaired) electrons. The Labute approximate surface area is 85.8 Å². The first-order valence-corrected chi connectivity index (χ1v) is 6.15. The van der Waals surface area contributed by atoms with Crippen molar-refractivity contribution in [3.05, 3.63) is 30.1 Å². The summed E-state index contributed by atoms with van der Waals surface area (Å²) in [6.07, 6.45) is 4.45. The first-order valence-electron chi connectivity index (χ1n) is 4.93. The Kier molecular flexibility index (Phi) is 2.96. The standard InChI is InChI=1S/C11H13FOS/c12-9-5-7-11(8-6-9)14(13)10-3-1-2-4-10/h5-8,10H,1-4H2. The molecule has 1 atom stereocenters. The van der Waals surface area contributed by atoms with Crippen molar-refractivity contribution < 1.29 is 8.60 Å². The molecule has 0 amide bonds. The van der Waals surface area contributed by atoms with E-state index in [9.17, 15) is 8.60 Å². The fraction of sp³-hybridized carbons (Fsp3) is 0.455. The van der Waals surface area contributed by atoms with Crippen LogP contribution in [0.3, 0.4) is 0 Å². The van der Waals surface area contributed by atoms with Crippen LogP contribution in [0.5, 0.6) is 0 Å². The fourth-order valence-corrected chi connectivity index (χ4v) is 3.41. The molecule has 2 rings (SSSR count). The molecule has 1 saturated carbocycles. The zero-order valence-corrected chi connectivity index (χ0v) is 8.73. The molecule has 1 fully saturated rings. The highest BCUT2D eigenvalue weighted by atomic mass is 32.2. The highest BCUT2D eigenvalue weighted by Crippen LogP contribution is 2.26. The van der Waals surface area contributed by atoms with Crippen LogP contribution < -0.4 is 0 Å². The average Bonchev–Trinajstić information content (AvgIpc) is 2.71. The first-order chi connectivity index (χ1) is 6.77. The van der Waals surface area contributed by atoms with Gasteiger partial charge in [0.2, 0.25) is 0 Å². The van der Waals surface area contributed by atoms with Gasteiger partial charge in [-0.2, -0.15) is 0 Å². The molecule has 3 heteroatoms. The topological polar surface area (TPSA) is 17.1 Å². The second-order valence-corrected chi connectivity index (χ2v) is 5.39. The van der Waals surface area contributed by atoms with Gasteiger partial charge in [-0.3, -0.25) is 4.21 Å². The summed E-state index contributed by atoms with van der Waals surface area (Å²) in [5.74, 6) is -0.267. The van der Waals surface area contributed by atoms with E-state index in [0.717, 1.165) is 17.7 Å². The second-order valence-electron chi connectivity index (χ2n) is 3.66. The van der Waals surface area contributed by atoms with Gasteiger partial charge >= 0.3 is 0 Å². The third kappa shape index (κ3) is 2.03. The number of benzene rings is 1. The van der Waals surface area contributed by atoms with Gasteiger partial charge in [0.15, 0.2) is 0 Å². The van der Waals surface area contributed by atoms with E-state index in [2.05, 4.69) is 0 Å². The Morgan fingerprint density at radius 3 is 2.29 bits per heavy atom. The van der Waals surface area contributed by atoms with Gasteiger partial charge in [0, 0.05) is 10.1 Å². The van der Waals surface area contributed by atoms with Gasteiger partial charge in [-0.1, -0.05) is 12.8 Å². The molecule has 1 aliphatic rings. The Bertz CT molecular complexity index is 328. The average molecular weight is 212 g/mol.